The number of carbonyl (C=O) groups excluding carboxylic acids is 3. The van der Waals surface area contributed by atoms with Crippen molar-refractivity contribution in [2.24, 2.45) is 0 Å². The molecule has 34 heavy (non-hydrogen) atoms. The quantitative estimate of drug-likeness (QED) is 0.396. The Morgan fingerprint density at radius 3 is 2.53 bits per heavy atom. The predicted octanol–water partition coefficient (Wildman–Crippen LogP) is 1.85. The molecule has 11 heteroatoms. The van der Waals surface area contributed by atoms with E-state index in [1.165, 1.54) is 55.5 Å². The van der Waals surface area contributed by atoms with Gasteiger partial charge in [-0.2, -0.15) is 0 Å². The number of methoxy groups -OCH3 is 2. The Kier molecular flexibility index (Phi) is 7.57. The van der Waals surface area contributed by atoms with E-state index in [1.807, 2.05) is 0 Å². The zero-order valence-electron chi connectivity index (χ0n) is 18.7. The molecule has 0 radical (unpaired) electrons. The largest absolute Gasteiger partial charge is 0.493 e. The molecule has 0 saturated carbocycles. The molecule has 2 aromatic carbocycles. The monoisotopic (exact) mass is 488 g/mol. The highest BCUT2D eigenvalue weighted by molar-refractivity contribution is 7.92. The van der Waals surface area contributed by atoms with E-state index in [0.717, 1.165) is 0 Å². The summed E-state index contributed by atoms with van der Waals surface area (Å²) in [7, 11) is -1.19. The van der Waals surface area contributed by atoms with E-state index in [9.17, 15) is 22.8 Å². The number of rotatable bonds is 10. The van der Waals surface area contributed by atoms with Crippen molar-refractivity contribution in [3.05, 3.63) is 54.6 Å². The fourth-order valence-electron chi connectivity index (χ4n) is 3.35. The number of fused-ring (bicyclic) bond motifs is 1. The highest BCUT2D eigenvalue weighted by Crippen LogP contribution is 2.33. The number of anilines is 2. The average molecular weight is 489 g/mol. The average Bonchev–Trinajstić information content (AvgIpc) is 2.79. The maximum atomic E-state index is 12.7. The Balaban J connectivity index is 1.69. The number of ketones is 1. The minimum absolute atomic E-state index is 0.0787. The fraction of sp³-hybridized carbons (Fsp3) is 0.261. The maximum Gasteiger partial charge on any atom is 0.265 e. The third kappa shape index (κ3) is 5.73. The number of Topliss-reactive ketones (excluding diaryl/α,β-unsaturated/α-hetero) is 1. The van der Waals surface area contributed by atoms with Crippen LogP contribution >= 0.6 is 0 Å². The van der Waals surface area contributed by atoms with Crippen LogP contribution in [-0.4, -0.2) is 64.9 Å². The summed E-state index contributed by atoms with van der Waals surface area (Å²) in [5.41, 5.74) is 0.742. The van der Waals surface area contributed by atoms with E-state index in [0.29, 0.717) is 28.6 Å². The van der Waals surface area contributed by atoms with Crippen molar-refractivity contribution in [3.8, 4) is 17.2 Å². The van der Waals surface area contributed by atoms with E-state index in [-0.39, 0.29) is 24.6 Å². The second-order valence-corrected chi connectivity index (χ2v) is 9.40. The molecule has 0 saturated heterocycles. The normalized spacial score (nSPS) is 12.9. The molecule has 0 unspecified atom stereocenters. The third-order valence-corrected chi connectivity index (χ3v) is 6.31. The predicted molar refractivity (Wildman–Crippen MR) is 126 cm³/mol. The number of amides is 2. The molecule has 0 aromatic heterocycles. The summed E-state index contributed by atoms with van der Waals surface area (Å²) < 4.78 is 40.7. The first-order valence-corrected chi connectivity index (χ1v) is 11.9. The van der Waals surface area contributed by atoms with E-state index in [2.05, 4.69) is 11.9 Å². The first-order valence-electron chi connectivity index (χ1n) is 10.1. The summed E-state index contributed by atoms with van der Waals surface area (Å²) in [5, 5.41) is 2.47. The number of hydrogen-bond acceptors (Lipinski definition) is 8. The van der Waals surface area contributed by atoms with Gasteiger partial charge in [-0.05, 0) is 30.3 Å². The number of nitrogens with zero attached hydrogens (tertiary/aromatic N) is 1. The SMILES string of the molecule is C=CCN1C(=O)COc2ccc(C(=O)CS(=O)(=O)CC(=O)Nc3ccc(OC)c(OC)c3)cc21. The number of benzene rings is 2. The molecule has 1 aliphatic rings. The molecule has 180 valence electrons. The molecule has 0 bridgehead atoms. The van der Waals surface area contributed by atoms with E-state index in [4.69, 9.17) is 14.2 Å². The molecule has 2 amide bonds. The zero-order valence-corrected chi connectivity index (χ0v) is 19.5. The van der Waals surface area contributed by atoms with Crippen LogP contribution in [0.4, 0.5) is 11.4 Å². The van der Waals surface area contributed by atoms with Gasteiger partial charge in [-0.25, -0.2) is 8.42 Å². The van der Waals surface area contributed by atoms with Crippen LogP contribution in [0.5, 0.6) is 17.2 Å². The lowest BCUT2D eigenvalue weighted by Crippen LogP contribution is -2.39. The molecule has 0 atom stereocenters. The summed E-state index contributed by atoms with van der Waals surface area (Å²) in [5.74, 6) is -2.38. The standard InChI is InChI=1S/C23H24N2O8S/c1-4-9-25-17-10-15(5-7-19(17)33-12-23(25)28)18(26)13-34(29,30)14-22(27)24-16-6-8-20(31-2)21(11-16)32-3/h4-8,10-11H,1,9,12-14H2,2-3H3,(H,24,27). The molecule has 0 fully saturated rings. The third-order valence-electron chi connectivity index (χ3n) is 4.90. The van der Waals surface area contributed by atoms with Gasteiger partial charge in [-0.3, -0.25) is 14.4 Å². The van der Waals surface area contributed by atoms with Crippen molar-refractivity contribution < 1.29 is 37.0 Å². The number of hydrogen-bond donors (Lipinski definition) is 1. The number of nitrogens with one attached hydrogen (secondary N) is 1. The Morgan fingerprint density at radius 2 is 1.85 bits per heavy atom. The highest BCUT2D eigenvalue weighted by Gasteiger charge is 2.27. The van der Waals surface area contributed by atoms with E-state index >= 15 is 0 Å². The van der Waals surface area contributed by atoms with Crippen molar-refractivity contribution in [1.29, 1.82) is 0 Å². The summed E-state index contributed by atoms with van der Waals surface area (Å²) in [6.45, 7) is 3.68. The summed E-state index contributed by atoms with van der Waals surface area (Å²) in [6, 6.07) is 8.90. The summed E-state index contributed by atoms with van der Waals surface area (Å²) in [6.07, 6.45) is 1.53. The Labute approximate surface area is 197 Å². The van der Waals surface area contributed by atoms with Gasteiger partial charge in [0.05, 0.1) is 19.9 Å². The van der Waals surface area contributed by atoms with Crippen LogP contribution in [0, 0.1) is 0 Å². The first-order chi connectivity index (χ1) is 16.2. The van der Waals surface area contributed by atoms with Gasteiger partial charge in [-0.1, -0.05) is 6.08 Å². The minimum Gasteiger partial charge on any atom is -0.493 e. The molecular weight excluding hydrogens is 464 g/mol. The van der Waals surface area contributed by atoms with Gasteiger partial charge in [0, 0.05) is 23.9 Å². The summed E-state index contributed by atoms with van der Waals surface area (Å²) in [4.78, 5) is 38.5. The molecule has 3 rings (SSSR count). The lowest BCUT2D eigenvalue weighted by atomic mass is 10.1. The van der Waals surface area contributed by atoms with Crippen molar-refractivity contribution >= 4 is 38.8 Å². The van der Waals surface area contributed by atoms with Gasteiger partial charge in [0.15, 0.2) is 33.7 Å². The van der Waals surface area contributed by atoms with Gasteiger partial charge < -0.3 is 24.4 Å². The molecule has 0 spiro atoms. The number of sulfone groups is 1. The van der Waals surface area contributed by atoms with Crippen LogP contribution in [-0.2, 0) is 19.4 Å². The fourth-order valence-corrected chi connectivity index (χ4v) is 4.49. The number of carbonyl (C=O) groups is 3. The van der Waals surface area contributed by atoms with Crippen molar-refractivity contribution in [1.82, 2.24) is 0 Å². The minimum atomic E-state index is -4.08. The first kappa shape index (κ1) is 24.8. The van der Waals surface area contributed by atoms with Crippen LogP contribution < -0.4 is 24.4 Å². The second kappa shape index (κ2) is 10.4. The molecule has 2 aromatic rings. The Morgan fingerprint density at radius 1 is 1.12 bits per heavy atom. The number of ether oxygens (including phenoxy) is 3. The van der Waals surface area contributed by atoms with Gasteiger partial charge >= 0.3 is 0 Å². The van der Waals surface area contributed by atoms with Gasteiger partial charge in [-0.15, -0.1) is 6.58 Å². The van der Waals surface area contributed by atoms with Crippen LogP contribution in [0.1, 0.15) is 10.4 Å². The molecule has 10 nitrogen and oxygen atoms in total. The second-order valence-electron chi connectivity index (χ2n) is 7.34. The van der Waals surface area contributed by atoms with Crippen LogP contribution in [0.25, 0.3) is 0 Å². The van der Waals surface area contributed by atoms with E-state index in [1.54, 1.807) is 6.07 Å². The molecule has 1 aliphatic heterocycles. The Hall–Kier alpha value is -3.86. The van der Waals surface area contributed by atoms with Crippen LogP contribution in [0.2, 0.25) is 0 Å². The van der Waals surface area contributed by atoms with E-state index < -0.39 is 33.0 Å². The van der Waals surface area contributed by atoms with Crippen LogP contribution in [0.3, 0.4) is 0 Å². The van der Waals surface area contributed by atoms with Crippen molar-refractivity contribution in [2.75, 3.05) is 49.1 Å². The molecule has 1 N–H and O–H groups in total. The maximum absolute atomic E-state index is 12.7. The smallest absolute Gasteiger partial charge is 0.265 e. The lowest BCUT2D eigenvalue weighted by molar-refractivity contribution is -0.121. The topological polar surface area (TPSA) is 128 Å². The molecular formula is C23H24N2O8S. The van der Waals surface area contributed by atoms with Crippen LogP contribution in [0.15, 0.2) is 49.1 Å². The highest BCUT2D eigenvalue weighted by atomic mass is 32.2. The van der Waals surface area contributed by atoms with Gasteiger partial charge in [0.2, 0.25) is 5.91 Å². The summed E-state index contributed by atoms with van der Waals surface area (Å²) >= 11 is 0. The van der Waals surface area contributed by atoms with Crippen molar-refractivity contribution in [3.63, 3.8) is 0 Å². The molecule has 1 heterocycles. The van der Waals surface area contributed by atoms with Crippen molar-refractivity contribution in [2.45, 2.75) is 0 Å². The lowest BCUT2D eigenvalue weighted by Gasteiger charge is -2.28. The Bertz CT molecular complexity index is 1240. The van der Waals surface area contributed by atoms with Gasteiger partial charge in [0.25, 0.3) is 5.91 Å². The zero-order chi connectivity index (χ0) is 24.9. The van der Waals surface area contributed by atoms with Gasteiger partial charge in [0.1, 0.15) is 17.3 Å². The molecule has 0 aliphatic carbocycles.